The molecule has 0 aromatic carbocycles. The number of piperidine rings is 1. The number of nitrogens with zero attached hydrogens (tertiary/aromatic N) is 1. The van der Waals surface area contributed by atoms with Gasteiger partial charge in [0.25, 0.3) is 0 Å². The maximum absolute atomic E-state index is 12.2. The summed E-state index contributed by atoms with van der Waals surface area (Å²) in [7, 11) is 0. The summed E-state index contributed by atoms with van der Waals surface area (Å²) >= 11 is 0. The summed E-state index contributed by atoms with van der Waals surface area (Å²) in [6, 6.07) is 0.480. The molecule has 1 heterocycles. The van der Waals surface area contributed by atoms with Gasteiger partial charge >= 0.3 is 0 Å². The Hall–Kier alpha value is -1.05. The van der Waals surface area contributed by atoms with Gasteiger partial charge in [-0.15, -0.1) is 0 Å². The first-order valence-corrected chi connectivity index (χ1v) is 5.98. The largest absolute Gasteiger partial charge is 0.339 e. The molecule has 0 N–H and O–H groups in total. The molecule has 0 radical (unpaired) electrons. The number of carbonyl (C=O) groups is 1. The molecule has 15 heavy (non-hydrogen) atoms. The zero-order valence-electron chi connectivity index (χ0n) is 9.36. The van der Waals surface area contributed by atoms with Crippen molar-refractivity contribution in [2.75, 3.05) is 6.54 Å². The Balaban J connectivity index is 2.03. The van der Waals surface area contributed by atoms with Crippen LogP contribution in [0.1, 0.15) is 32.6 Å². The molecule has 1 unspecified atom stereocenters. The Morgan fingerprint density at radius 1 is 1.33 bits per heavy atom. The van der Waals surface area contributed by atoms with Crippen LogP contribution < -0.4 is 0 Å². The molecule has 1 fully saturated rings. The van der Waals surface area contributed by atoms with Crippen LogP contribution in [0.3, 0.4) is 0 Å². The molecular formula is C13H19NO. The number of hydrogen-bond acceptors (Lipinski definition) is 1. The number of allylic oxidation sites excluding steroid dienone is 2. The number of carbonyl (C=O) groups excluding carboxylic acids is 1. The predicted molar refractivity (Wildman–Crippen MR) is 61.4 cm³/mol. The van der Waals surface area contributed by atoms with Crippen molar-refractivity contribution in [2.45, 2.75) is 38.6 Å². The van der Waals surface area contributed by atoms with Crippen molar-refractivity contribution in [3.05, 3.63) is 24.3 Å². The Morgan fingerprint density at radius 3 is 2.73 bits per heavy atom. The summed E-state index contributed by atoms with van der Waals surface area (Å²) in [5, 5.41) is 0. The van der Waals surface area contributed by atoms with Crippen molar-refractivity contribution in [1.29, 1.82) is 0 Å². The second kappa shape index (κ2) is 4.65. The molecule has 2 nitrogen and oxygen atoms in total. The van der Waals surface area contributed by atoms with Gasteiger partial charge in [0, 0.05) is 12.6 Å². The molecule has 2 heteroatoms. The lowest BCUT2D eigenvalue weighted by Gasteiger charge is -2.36. The van der Waals surface area contributed by atoms with E-state index in [4.69, 9.17) is 0 Å². The first-order valence-electron chi connectivity index (χ1n) is 5.98. The van der Waals surface area contributed by atoms with Gasteiger partial charge in [0.1, 0.15) is 0 Å². The molecule has 0 saturated carbocycles. The van der Waals surface area contributed by atoms with E-state index in [2.05, 4.69) is 11.8 Å². The molecule has 0 aromatic heterocycles. The molecule has 1 saturated heterocycles. The minimum absolute atomic E-state index is 0.0112. The van der Waals surface area contributed by atoms with E-state index in [-0.39, 0.29) is 5.92 Å². The van der Waals surface area contributed by atoms with Gasteiger partial charge < -0.3 is 4.90 Å². The number of rotatable bonds is 2. The van der Waals surface area contributed by atoms with Crippen LogP contribution >= 0.6 is 0 Å². The van der Waals surface area contributed by atoms with Crippen molar-refractivity contribution in [3.8, 4) is 0 Å². The Morgan fingerprint density at radius 2 is 2.07 bits per heavy atom. The third kappa shape index (κ3) is 2.14. The van der Waals surface area contributed by atoms with Crippen molar-refractivity contribution in [3.63, 3.8) is 0 Å². The molecule has 1 amide bonds. The van der Waals surface area contributed by atoms with Crippen LogP contribution in [-0.2, 0) is 4.79 Å². The van der Waals surface area contributed by atoms with E-state index in [1.807, 2.05) is 24.3 Å². The second-order valence-corrected chi connectivity index (χ2v) is 4.39. The normalized spacial score (nSPS) is 26.2. The van der Waals surface area contributed by atoms with Crippen molar-refractivity contribution in [2.24, 2.45) is 5.92 Å². The minimum Gasteiger partial charge on any atom is -0.339 e. The Kier molecular flexibility index (Phi) is 3.24. The molecule has 1 aliphatic carbocycles. The zero-order chi connectivity index (χ0) is 10.7. The fourth-order valence-electron chi connectivity index (χ4n) is 2.50. The van der Waals surface area contributed by atoms with Crippen LogP contribution in [0.25, 0.3) is 0 Å². The van der Waals surface area contributed by atoms with E-state index in [1.165, 1.54) is 19.3 Å². The lowest BCUT2D eigenvalue weighted by molar-refractivity contribution is -0.136. The summed E-state index contributed by atoms with van der Waals surface area (Å²) < 4.78 is 0. The van der Waals surface area contributed by atoms with E-state index in [9.17, 15) is 4.79 Å². The highest BCUT2D eigenvalue weighted by Gasteiger charge is 2.28. The molecule has 0 bridgehead atoms. The first kappa shape index (κ1) is 10.5. The molecule has 1 aliphatic heterocycles. The van der Waals surface area contributed by atoms with Crippen LogP contribution in [0.15, 0.2) is 24.3 Å². The Bertz CT molecular complexity index is 281. The standard InChI is InChI=1S/C13H19NO/c1-2-12-9-5-6-10-14(12)13(15)11-7-3-4-8-11/h3-4,7-8,11-12H,2,5-6,9-10H2,1H3. The highest BCUT2D eigenvalue weighted by Crippen LogP contribution is 2.23. The van der Waals surface area contributed by atoms with Gasteiger partial charge in [-0.2, -0.15) is 0 Å². The fourth-order valence-corrected chi connectivity index (χ4v) is 2.50. The van der Waals surface area contributed by atoms with Gasteiger partial charge in [-0.1, -0.05) is 31.2 Å². The van der Waals surface area contributed by atoms with Crippen molar-refractivity contribution >= 4 is 5.91 Å². The fraction of sp³-hybridized carbons (Fsp3) is 0.615. The highest BCUT2D eigenvalue weighted by atomic mass is 16.2. The second-order valence-electron chi connectivity index (χ2n) is 4.39. The van der Waals surface area contributed by atoms with Crippen LogP contribution in [0, 0.1) is 5.92 Å². The van der Waals surface area contributed by atoms with Crippen LogP contribution in [-0.4, -0.2) is 23.4 Å². The number of amides is 1. The molecule has 2 rings (SSSR count). The van der Waals surface area contributed by atoms with Crippen LogP contribution in [0.2, 0.25) is 0 Å². The molecule has 0 aromatic rings. The lowest BCUT2D eigenvalue weighted by Crippen LogP contribution is -2.45. The van der Waals surface area contributed by atoms with Gasteiger partial charge in [0.15, 0.2) is 0 Å². The van der Waals surface area contributed by atoms with E-state index in [1.54, 1.807) is 0 Å². The maximum Gasteiger partial charge on any atom is 0.233 e. The van der Waals surface area contributed by atoms with E-state index in [0.29, 0.717) is 11.9 Å². The monoisotopic (exact) mass is 205 g/mol. The first-order chi connectivity index (χ1) is 7.33. The summed E-state index contributed by atoms with van der Waals surface area (Å²) in [5.41, 5.74) is 0. The van der Waals surface area contributed by atoms with Gasteiger partial charge in [-0.05, 0) is 25.7 Å². The predicted octanol–water partition coefficient (Wildman–Crippen LogP) is 2.52. The summed E-state index contributed by atoms with van der Waals surface area (Å²) in [6.45, 7) is 3.13. The average molecular weight is 205 g/mol. The summed E-state index contributed by atoms with van der Waals surface area (Å²) in [5.74, 6) is 0.309. The molecule has 2 aliphatic rings. The molecule has 0 spiro atoms. The molecule has 1 atom stereocenters. The zero-order valence-corrected chi connectivity index (χ0v) is 9.36. The van der Waals surface area contributed by atoms with Crippen LogP contribution in [0.4, 0.5) is 0 Å². The third-order valence-electron chi connectivity index (χ3n) is 3.41. The highest BCUT2D eigenvalue weighted by molar-refractivity contribution is 5.83. The van der Waals surface area contributed by atoms with Gasteiger partial charge in [-0.3, -0.25) is 4.79 Å². The quantitative estimate of drug-likeness (QED) is 0.678. The lowest BCUT2D eigenvalue weighted by atomic mass is 9.98. The summed E-state index contributed by atoms with van der Waals surface area (Å²) in [6.07, 6.45) is 12.6. The Labute approximate surface area is 91.6 Å². The number of likely N-dealkylation sites (tertiary alicyclic amines) is 1. The molecule has 82 valence electrons. The maximum atomic E-state index is 12.2. The SMILES string of the molecule is CCC1CCCCN1C(=O)C1C=CC=C1. The third-order valence-corrected chi connectivity index (χ3v) is 3.41. The van der Waals surface area contributed by atoms with E-state index >= 15 is 0 Å². The van der Waals surface area contributed by atoms with Crippen molar-refractivity contribution < 1.29 is 4.79 Å². The minimum atomic E-state index is 0.0112. The smallest absolute Gasteiger partial charge is 0.233 e. The van der Waals surface area contributed by atoms with Gasteiger partial charge in [0.05, 0.1) is 5.92 Å². The molecular weight excluding hydrogens is 186 g/mol. The van der Waals surface area contributed by atoms with Gasteiger partial charge in [0.2, 0.25) is 5.91 Å². The van der Waals surface area contributed by atoms with Crippen molar-refractivity contribution in [1.82, 2.24) is 4.90 Å². The topological polar surface area (TPSA) is 20.3 Å². The van der Waals surface area contributed by atoms with E-state index in [0.717, 1.165) is 13.0 Å². The van der Waals surface area contributed by atoms with E-state index < -0.39 is 0 Å². The van der Waals surface area contributed by atoms with Gasteiger partial charge in [-0.25, -0.2) is 0 Å². The number of hydrogen-bond donors (Lipinski definition) is 0. The summed E-state index contributed by atoms with van der Waals surface area (Å²) in [4.78, 5) is 14.3. The average Bonchev–Trinajstić information content (AvgIpc) is 2.81. The van der Waals surface area contributed by atoms with Crippen LogP contribution in [0.5, 0.6) is 0 Å².